The molecule has 0 amide bonds. The summed E-state index contributed by atoms with van der Waals surface area (Å²) in [5.41, 5.74) is 1.74. The lowest BCUT2D eigenvalue weighted by Gasteiger charge is -2.27. The van der Waals surface area contributed by atoms with Gasteiger partial charge in [-0.1, -0.05) is 11.6 Å². The maximum Gasteiger partial charge on any atom is 0.154 e. The molecule has 0 radical (unpaired) electrons. The number of benzene rings is 1. The van der Waals surface area contributed by atoms with Gasteiger partial charge in [0.15, 0.2) is 9.84 Å². The van der Waals surface area contributed by atoms with Crippen molar-refractivity contribution in [3.8, 4) is 0 Å². The zero-order valence-corrected chi connectivity index (χ0v) is 9.87. The molecule has 3 rings (SSSR count). The Hall–Kier alpha value is -1.07. The van der Waals surface area contributed by atoms with Gasteiger partial charge < -0.3 is 4.57 Å². The van der Waals surface area contributed by atoms with E-state index in [1.54, 1.807) is 18.5 Å². The molecule has 84 valence electrons. The number of sulfone groups is 1. The SMILES string of the molecule is O=S1(=O)CC(n2cnc3cc(Cl)ccc32)C1. The Bertz CT molecular complexity index is 651. The third kappa shape index (κ3) is 1.51. The van der Waals surface area contributed by atoms with Gasteiger partial charge in [-0.25, -0.2) is 13.4 Å². The normalized spacial score (nSPS) is 19.8. The number of aromatic nitrogens is 2. The molecule has 1 aliphatic heterocycles. The molecular formula is C10H9ClN2O2S. The molecule has 1 aromatic carbocycles. The Balaban J connectivity index is 2.06. The van der Waals surface area contributed by atoms with Crippen molar-refractivity contribution in [3.63, 3.8) is 0 Å². The van der Waals surface area contributed by atoms with Crippen LogP contribution in [-0.2, 0) is 9.84 Å². The average Bonchev–Trinajstić information content (AvgIpc) is 2.56. The molecule has 1 fully saturated rings. The third-order valence-electron chi connectivity index (χ3n) is 2.82. The van der Waals surface area contributed by atoms with Crippen LogP contribution in [0.5, 0.6) is 0 Å². The van der Waals surface area contributed by atoms with Gasteiger partial charge in [0.2, 0.25) is 0 Å². The fourth-order valence-electron chi connectivity index (χ4n) is 1.99. The minimum Gasteiger partial charge on any atom is -0.325 e. The number of nitrogens with zero attached hydrogens (tertiary/aromatic N) is 2. The quantitative estimate of drug-likeness (QED) is 0.780. The summed E-state index contributed by atoms with van der Waals surface area (Å²) in [6.07, 6.45) is 1.68. The molecule has 0 aliphatic carbocycles. The summed E-state index contributed by atoms with van der Waals surface area (Å²) in [4.78, 5) is 4.21. The lowest BCUT2D eigenvalue weighted by molar-refractivity contribution is 0.514. The average molecular weight is 257 g/mol. The van der Waals surface area contributed by atoms with E-state index < -0.39 is 9.84 Å². The summed E-state index contributed by atoms with van der Waals surface area (Å²) in [6, 6.07) is 5.46. The maximum atomic E-state index is 11.1. The highest BCUT2D eigenvalue weighted by Gasteiger charge is 2.35. The summed E-state index contributed by atoms with van der Waals surface area (Å²) in [7, 11) is -2.81. The fraction of sp³-hybridized carbons (Fsp3) is 0.300. The van der Waals surface area contributed by atoms with Crippen molar-refractivity contribution in [2.75, 3.05) is 11.5 Å². The second-order valence-electron chi connectivity index (χ2n) is 4.02. The molecule has 0 spiro atoms. The Labute approximate surface area is 97.8 Å². The number of fused-ring (bicyclic) bond motifs is 1. The molecule has 0 bridgehead atoms. The van der Waals surface area contributed by atoms with Gasteiger partial charge in [-0.05, 0) is 18.2 Å². The molecule has 4 nitrogen and oxygen atoms in total. The highest BCUT2D eigenvalue weighted by molar-refractivity contribution is 7.92. The summed E-state index contributed by atoms with van der Waals surface area (Å²) < 4.78 is 24.2. The monoisotopic (exact) mass is 256 g/mol. The fourth-order valence-corrected chi connectivity index (χ4v) is 3.56. The van der Waals surface area contributed by atoms with Gasteiger partial charge in [-0.3, -0.25) is 0 Å². The molecule has 2 aromatic rings. The van der Waals surface area contributed by atoms with Gasteiger partial charge in [-0.15, -0.1) is 0 Å². The van der Waals surface area contributed by atoms with Crippen molar-refractivity contribution in [2.45, 2.75) is 6.04 Å². The van der Waals surface area contributed by atoms with E-state index in [2.05, 4.69) is 4.98 Å². The highest BCUT2D eigenvalue weighted by atomic mass is 35.5. The second-order valence-corrected chi connectivity index (χ2v) is 6.61. The number of hydrogen-bond donors (Lipinski definition) is 0. The van der Waals surface area contributed by atoms with E-state index in [1.165, 1.54) is 0 Å². The van der Waals surface area contributed by atoms with Crippen LogP contribution in [-0.4, -0.2) is 29.5 Å². The van der Waals surface area contributed by atoms with Crippen molar-refractivity contribution in [3.05, 3.63) is 29.5 Å². The van der Waals surface area contributed by atoms with Crippen molar-refractivity contribution in [1.82, 2.24) is 9.55 Å². The van der Waals surface area contributed by atoms with Crippen molar-refractivity contribution >= 4 is 32.5 Å². The third-order valence-corrected chi connectivity index (χ3v) is 4.84. The van der Waals surface area contributed by atoms with E-state index in [9.17, 15) is 8.42 Å². The highest BCUT2D eigenvalue weighted by Crippen LogP contribution is 2.28. The van der Waals surface area contributed by atoms with Crippen LogP contribution in [0.25, 0.3) is 11.0 Å². The standard InChI is InChI=1S/C10H9ClN2O2S/c11-7-1-2-10-9(3-7)12-6-13(10)8-4-16(14,15)5-8/h1-3,6,8H,4-5H2. The Morgan fingerprint density at radius 1 is 1.38 bits per heavy atom. The molecule has 0 unspecified atom stereocenters. The van der Waals surface area contributed by atoms with Gasteiger partial charge in [0, 0.05) is 5.02 Å². The minimum absolute atomic E-state index is 0.0242. The van der Waals surface area contributed by atoms with Crippen LogP contribution in [0.1, 0.15) is 6.04 Å². The number of imidazole rings is 1. The molecule has 0 N–H and O–H groups in total. The molecule has 1 aromatic heterocycles. The molecule has 1 saturated heterocycles. The minimum atomic E-state index is -2.81. The first-order valence-electron chi connectivity index (χ1n) is 4.88. The number of hydrogen-bond acceptors (Lipinski definition) is 3. The second kappa shape index (κ2) is 3.21. The first-order chi connectivity index (χ1) is 7.55. The molecule has 16 heavy (non-hydrogen) atoms. The van der Waals surface area contributed by atoms with Crippen molar-refractivity contribution in [1.29, 1.82) is 0 Å². The zero-order valence-electron chi connectivity index (χ0n) is 8.30. The largest absolute Gasteiger partial charge is 0.325 e. The summed E-state index contributed by atoms with van der Waals surface area (Å²) in [5.74, 6) is 0.419. The Morgan fingerprint density at radius 3 is 2.81 bits per heavy atom. The molecule has 1 aliphatic rings. The topological polar surface area (TPSA) is 52.0 Å². The summed E-state index contributed by atoms with van der Waals surface area (Å²) in [5, 5.41) is 0.638. The summed E-state index contributed by atoms with van der Waals surface area (Å²) >= 11 is 5.86. The Kier molecular flexibility index (Phi) is 2.03. The lowest BCUT2D eigenvalue weighted by Crippen LogP contribution is -2.37. The molecule has 0 atom stereocenters. The van der Waals surface area contributed by atoms with E-state index in [4.69, 9.17) is 11.6 Å². The van der Waals surface area contributed by atoms with Crippen LogP contribution in [0.3, 0.4) is 0 Å². The molecular weight excluding hydrogens is 248 g/mol. The van der Waals surface area contributed by atoms with E-state index in [-0.39, 0.29) is 17.5 Å². The van der Waals surface area contributed by atoms with Crippen LogP contribution in [0.15, 0.2) is 24.5 Å². The van der Waals surface area contributed by atoms with Crippen LogP contribution in [0, 0.1) is 0 Å². The maximum absolute atomic E-state index is 11.1. The summed E-state index contributed by atoms with van der Waals surface area (Å²) in [6.45, 7) is 0. The predicted octanol–water partition coefficient (Wildman–Crippen LogP) is 1.66. The van der Waals surface area contributed by atoms with E-state index >= 15 is 0 Å². The van der Waals surface area contributed by atoms with E-state index in [0.29, 0.717) is 5.02 Å². The lowest BCUT2D eigenvalue weighted by atomic mass is 10.3. The molecule has 6 heteroatoms. The van der Waals surface area contributed by atoms with Crippen molar-refractivity contribution in [2.24, 2.45) is 0 Å². The van der Waals surface area contributed by atoms with Crippen LogP contribution < -0.4 is 0 Å². The van der Waals surface area contributed by atoms with Crippen LogP contribution in [0.2, 0.25) is 5.02 Å². The Morgan fingerprint density at radius 2 is 2.12 bits per heavy atom. The number of rotatable bonds is 1. The molecule has 0 saturated carbocycles. The first-order valence-corrected chi connectivity index (χ1v) is 7.08. The molecule has 2 heterocycles. The van der Waals surface area contributed by atoms with Crippen LogP contribution >= 0.6 is 11.6 Å². The van der Waals surface area contributed by atoms with Crippen LogP contribution in [0.4, 0.5) is 0 Å². The van der Waals surface area contributed by atoms with Crippen molar-refractivity contribution < 1.29 is 8.42 Å². The van der Waals surface area contributed by atoms with Gasteiger partial charge in [0.1, 0.15) is 0 Å². The van der Waals surface area contributed by atoms with Gasteiger partial charge in [0.05, 0.1) is 34.9 Å². The number of halogens is 1. The predicted molar refractivity (Wildman–Crippen MR) is 62.4 cm³/mol. The van der Waals surface area contributed by atoms with Gasteiger partial charge in [0.25, 0.3) is 0 Å². The van der Waals surface area contributed by atoms with E-state index in [1.807, 2.05) is 10.6 Å². The van der Waals surface area contributed by atoms with E-state index in [0.717, 1.165) is 11.0 Å². The zero-order chi connectivity index (χ0) is 11.3. The first kappa shape index (κ1) is 10.1. The van der Waals surface area contributed by atoms with Gasteiger partial charge in [-0.2, -0.15) is 0 Å². The smallest absolute Gasteiger partial charge is 0.154 e. The van der Waals surface area contributed by atoms with Gasteiger partial charge >= 0.3 is 0 Å².